The first kappa shape index (κ1) is 25.0. The molecule has 1 unspecified atom stereocenters. The highest BCUT2D eigenvalue weighted by molar-refractivity contribution is 7.25. The molecule has 0 saturated carbocycles. The molecule has 5 aromatic carbocycles. The lowest BCUT2D eigenvalue weighted by atomic mass is 9.66. The van der Waals surface area contributed by atoms with Gasteiger partial charge < -0.3 is 9.31 Å². The van der Waals surface area contributed by atoms with Crippen LogP contribution >= 0.6 is 11.3 Å². The molecular formula is C37H31BO2S. The first-order valence-electron chi connectivity index (χ1n) is 14.4. The van der Waals surface area contributed by atoms with Crippen molar-refractivity contribution >= 4 is 44.1 Å². The number of benzene rings is 5. The van der Waals surface area contributed by atoms with E-state index >= 15 is 0 Å². The third-order valence-electron chi connectivity index (χ3n) is 9.61. The van der Waals surface area contributed by atoms with Gasteiger partial charge in [-0.1, -0.05) is 97.1 Å². The molecule has 0 radical (unpaired) electrons. The zero-order valence-corrected chi connectivity index (χ0v) is 24.6. The lowest BCUT2D eigenvalue weighted by Crippen LogP contribution is -2.41. The standard InChI is InChI=1S/C37H31BO2S/c1-35(2)36(3,4)40-38(39-35)26-19-20-28-27-14-8-10-16-31(27)37(32(28)23-26,24-12-6-5-7-13-24)25-18-21-34-30(22-25)29-15-9-11-17-33(29)41-34/h5-23H,1-4H3. The molecular weight excluding hydrogens is 519 g/mol. The number of hydrogen-bond acceptors (Lipinski definition) is 3. The number of hydrogen-bond donors (Lipinski definition) is 0. The van der Waals surface area contributed by atoms with Crippen LogP contribution in [0.25, 0.3) is 31.3 Å². The quantitative estimate of drug-likeness (QED) is 0.205. The summed E-state index contributed by atoms with van der Waals surface area (Å²) in [7, 11) is -0.425. The van der Waals surface area contributed by atoms with Crippen molar-refractivity contribution in [2.45, 2.75) is 44.3 Å². The summed E-state index contributed by atoms with van der Waals surface area (Å²) in [5.74, 6) is 0. The zero-order chi connectivity index (χ0) is 28.0. The van der Waals surface area contributed by atoms with Gasteiger partial charge in [0.25, 0.3) is 0 Å². The highest BCUT2D eigenvalue weighted by Gasteiger charge is 2.53. The molecule has 0 amide bonds. The summed E-state index contributed by atoms with van der Waals surface area (Å²) in [6.07, 6.45) is 0. The fraction of sp³-hybridized carbons (Fsp3) is 0.189. The van der Waals surface area contributed by atoms with Crippen LogP contribution in [0, 0.1) is 0 Å². The summed E-state index contributed by atoms with van der Waals surface area (Å²) < 4.78 is 15.7. The second-order valence-corrected chi connectivity index (χ2v) is 13.4. The number of fused-ring (bicyclic) bond motifs is 6. The van der Waals surface area contributed by atoms with Crippen molar-refractivity contribution in [1.29, 1.82) is 0 Å². The van der Waals surface area contributed by atoms with E-state index in [-0.39, 0.29) is 0 Å². The number of rotatable bonds is 3. The van der Waals surface area contributed by atoms with Crippen molar-refractivity contribution in [3.05, 3.63) is 138 Å². The van der Waals surface area contributed by atoms with Gasteiger partial charge in [-0.2, -0.15) is 0 Å². The fourth-order valence-corrected chi connectivity index (χ4v) is 7.95. The molecule has 4 heteroatoms. The average Bonchev–Trinajstić information content (AvgIpc) is 3.57. The zero-order valence-electron chi connectivity index (χ0n) is 23.8. The van der Waals surface area contributed by atoms with Gasteiger partial charge >= 0.3 is 7.12 Å². The third kappa shape index (κ3) is 3.45. The van der Waals surface area contributed by atoms with Crippen molar-refractivity contribution in [3.8, 4) is 11.1 Å². The Bertz CT molecular complexity index is 1960. The molecule has 1 atom stereocenters. The Balaban J connectivity index is 1.44. The highest BCUT2D eigenvalue weighted by atomic mass is 32.1. The van der Waals surface area contributed by atoms with E-state index in [9.17, 15) is 0 Å². The fourth-order valence-electron chi connectivity index (χ4n) is 6.86. The summed E-state index contributed by atoms with van der Waals surface area (Å²) in [5.41, 5.74) is 7.43. The molecule has 0 N–H and O–H groups in total. The Hall–Kier alpha value is -3.70. The monoisotopic (exact) mass is 550 g/mol. The van der Waals surface area contributed by atoms with Crippen LogP contribution in [0.4, 0.5) is 0 Å². The van der Waals surface area contributed by atoms with Crippen LogP contribution < -0.4 is 5.46 Å². The van der Waals surface area contributed by atoms with Crippen molar-refractivity contribution in [2.75, 3.05) is 0 Å². The van der Waals surface area contributed by atoms with E-state index in [1.807, 2.05) is 11.3 Å². The first-order valence-corrected chi connectivity index (χ1v) is 15.2. The molecule has 0 bridgehead atoms. The molecule has 6 aromatic rings. The Morgan fingerprint density at radius 3 is 2.00 bits per heavy atom. The Labute approximate surface area is 245 Å². The van der Waals surface area contributed by atoms with Crippen LogP contribution in [0.15, 0.2) is 115 Å². The summed E-state index contributed by atoms with van der Waals surface area (Å²) in [4.78, 5) is 0. The predicted molar refractivity (Wildman–Crippen MR) is 172 cm³/mol. The van der Waals surface area contributed by atoms with Crippen LogP contribution in [0.5, 0.6) is 0 Å². The number of thiophene rings is 1. The Kier molecular flexibility index (Phi) is 5.29. The topological polar surface area (TPSA) is 18.5 Å². The van der Waals surface area contributed by atoms with Gasteiger partial charge in [-0.25, -0.2) is 0 Å². The smallest absolute Gasteiger partial charge is 0.399 e. The first-order chi connectivity index (χ1) is 19.8. The highest BCUT2D eigenvalue weighted by Crippen LogP contribution is 2.56. The van der Waals surface area contributed by atoms with E-state index in [0.29, 0.717) is 0 Å². The summed E-state index contributed by atoms with van der Waals surface area (Å²) in [6.45, 7) is 8.46. The minimum absolute atomic E-state index is 0.402. The predicted octanol–water partition coefficient (Wildman–Crippen LogP) is 8.72. The summed E-state index contributed by atoms with van der Waals surface area (Å²) in [6, 6.07) is 42.6. The van der Waals surface area contributed by atoms with Crippen LogP contribution in [0.2, 0.25) is 0 Å². The van der Waals surface area contributed by atoms with Crippen LogP contribution in [0.1, 0.15) is 49.9 Å². The minimum Gasteiger partial charge on any atom is -0.399 e. The van der Waals surface area contributed by atoms with Crippen LogP contribution in [0.3, 0.4) is 0 Å². The average molecular weight is 551 g/mol. The SMILES string of the molecule is CC1(C)OB(c2ccc3c(c2)C(c2ccccc2)(c2ccc4sc5ccccc5c4c2)c2ccccc2-3)OC1(C)C. The third-order valence-corrected chi connectivity index (χ3v) is 10.8. The van der Waals surface area contributed by atoms with E-state index in [1.54, 1.807) is 0 Å². The molecule has 2 aliphatic rings. The largest absolute Gasteiger partial charge is 0.494 e. The Morgan fingerprint density at radius 2 is 1.20 bits per heavy atom. The van der Waals surface area contributed by atoms with Gasteiger partial charge in [0.15, 0.2) is 0 Å². The van der Waals surface area contributed by atoms with Gasteiger partial charge in [-0.3, -0.25) is 0 Å². The van der Waals surface area contributed by atoms with Gasteiger partial charge in [0.05, 0.1) is 16.6 Å². The minimum atomic E-state index is -0.482. The van der Waals surface area contributed by atoms with E-state index < -0.39 is 23.7 Å². The molecule has 2 heterocycles. The van der Waals surface area contributed by atoms with Crippen LogP contribution in [-0.2, 0) is 14.7 Å². The van der Waals surface area contributed by atoms with Crippen molar-refractivity contribution < 1.29 is 9.31 Å². The molecule has 2 nitrogen and oxygen atoms in total. The van der Waals surface area contributed by atoms with Gasteiger partial charge in [0, 0.05) is 20.2 Å². The van der Waals surface area contributed by atoms with Gasteiger partial charge in [-0.15, -0.1) is 11.3 Å². The lowest BCUT2D eigenvalue weighted by Gasteiger charge is -2.34. The molecule has 1 aliphatic carbocycles. The van der Waals surface area contributed by atoms with E-state index in [4.69, 9.17) is 9.31 Å². The molecule has 1 fully saturated rings. The summed E-state index contributed by atoms with van der Waals surface area (Å²) in [5, 5.41) is 2.63. The van der Waals surface area contributed by atoms with Crippen LogP contribution in [-0.4, -0.2) is 18.3 Å². The Morgan fingerprint density at radius 1 is 0.537 bits per heavy atom. The maximum Gasteiger partial charge on any atom is 0.494 e. The van der Waals surface area contributed by atoms with Crippen molar-refractivity contribution in [3.63, 3.8) is 0 Å². The van der Waals surface area contributed by atoms with E-state index in [0.717, 1.165) is 5.46 Å². The van der Waals surface area contributed by atoms with Gasteiger partial charge in [0.2, 0.25) is 0 Å². The summed E-state index contributed by atoms with van der Waals surface area (Å²) >= 11 is 1.86. The molecule has 1 aromatic heterocycles. The molecule has 8 rings (SSSR count). The molecule has 1 aliphatic heterocycles. The van der Waals surface area contributed by atoms with Crippen molar-refractivity contribution in [2.24, 2.45) is 0 Å². The molecule has 0 spiro atoms. The van der Waals surface area contributed by atoms with Gasteiger partial charge in [-0.05, 0) is 84.7 Å². The van der Waals surface area contributed by atoms with E-state index in [1.165, 1.54) is 53.6 Å². The maximum atomic E-state index is 6.54. The lowest BCUT2D eigenvalue weighted by molar-refractivity contribution is 0.00578. The van der Waals surface area contributed by atoms with Crippen molar-refractivity contribution in [1.82, 2.24) is 0 Å². The van der Waals surface area contributed by atoms with Gasteiger partial charge in [0.1, 0.15) is 0 Å². The second kappa shape index (κ2) is 8.66. The van der Waals surface area contributed by atoms with E-state index in [2.05, 4.69) is 143 Å². The molecule has 200 valence electrons. The second-order valence-electron chi connectivity index (χ2n) is 12.4. The normalized spacial score (nSPS) is 20.4. The maximum absolute atomic E-state index is 6.54. The molecule has 41 heavy (non-hydrogen) atoms. The molecule has 1 saturated heterocycles.